The first-order valence-electron chi connectivity index (χ1n) is 6.15. The molecular weight excluding hydrogens is 330 g/mol. The Labute approximate surface area is 129 Å². The van der Waals surface area contributed by atoms with Gasteiger partial charge in [0.25, 0.3) is 0 Å². The van der Waals surface area contributed by atoms with Gasteiger partial charge < -0.3 is 5.73 Å². The van der Waals surface area contributed by atoms with E-state index in [2.05, 4.69) is 32.1 Å². The lowest BCUT2D eigenvalue weighted by molar-refractivity contribution is 0.877. The average molecular weight is 340 g/mol. The van der Waals surface area contributed by atoms with Gasteiger partial charge in [-0.25, -0.2) is 9.67 Å². The number of nitrogen functional groups attached to an aromatic ring is 1. The molecule has 0 spiro atoms. The second-order valence-corrected chi connectivity index (χ2v) is 5.27. The molecule has 1 heterocycles. The zero-order chi connectivity index (χ0) is 14.8. The molecule has 0 unspecified atom stereocenters. The summed E-state index contributed by atoms with van der Waals surface area (Å²) in [6.45, 7) is 0. The third-order valence-electron chi connectivity index (χ3n) is 2.96. The maximum Gasteiger partial charge on any atom is 0.181 e. The van der Waals surface area contributed by atoms with Crippen molar-refractivity contribution >= 4 is 21.6 Å². The molecular formula is C15H10BrN5. The summed E-state index contributed by atoms with van der Waals surface area (Å²) in [7, 11) is 0. The van der Waals surface area contributed by atoms with Crippen molar-refractivity contribution in [2.45, 2.75) is 0 Å². The van der Waals surface area contributed by atoms with E-state index in [-0.39, 0.29) is 0 Å². The van der Waals surface area contributed by atoms with Crippen molar-refractivity contribution in [1.82, 2.24) is 14.8 Å². The molecule has 0 radical (unpaired) electrons. The molecule has 0 aliphatic carbocycles. The number of nitriles is 1. The predicted molar refractivity (Wildman–Crippen MR) is 83.6 cm³/mol. The van der Waals surface area contributed by atoms with Crippen molar-refractivity contribution in [1.29, 1.82) is 5.26 Å². The van der Waals surface area contributed by atoms with Gasteiger partial charge in [0.15, 0.2) is 5.82 Å². The van der Waals surface area contributed by atoms with Gasteiger partial charge in [-0.2, -0.15) is 5.26 Å². The second kappa shape index (κ2) is 5.38. The van der Waals surface area contributed by atoms with Crippen LogP contribution in [0, 0.1) is 11.3 Å². The van der Waals surface area contributed by atoms with Gasteiger partial charge in [-0.1, -0.05) is 12.1 Å². The molecule has 3 aromatic rings. The minimum Gasteiger partial charge on any atom is -0.399 e. The fourth-order valence-electron chi connectivity index (χ4n) is 1.95. The van der Waals surface area contributed by atoms with Crippen LogP contribution in [0.2, 0.25) is 0 Å². The normalized spacial score (nSPS) is 10.3. The summed E-state index contributed by atoms with van der Waals surface area (Å²) < 4.78 is 2.44. The number of aromatic nitrogens is 3. The lowest BCUT2D eigenvalue weighted by Crippen LogP contribution is -1.96. The van der Waals surface area contributed by atoms with E-state index in [4.69, 9.17) is 11.0 Å². The number of hydrogen-bond acceptors (Lipinski definition) is 4. The fraction of sp³-hybridized carbons (Fsp3) is 0. The van der Waals surface area contributed by atoms with Gasteiger partial charge in [0.2, 0.25) is 0 Å². The Morgan fingerprint density at radius 3 is 2.76 bits per heavy atom. The molecule has 0 aliphatic rings. The maximum atomic E-state index is 8.88. The molecule has 3 rings (SSSR count). The maximum absolute atomic E-state index is 8.88. The number of benzene rings is 2. The highest BCUT2D eigenvalue weighted by Crippen LogP contribution is 2.23. The molecule has 0 saturated carbocycles. The van der Waals surface area contributed by atoms with Crippen molar-refractivity contribution in [3.05, 3.63) is 58.8 Å². The molecule has 1 aromatic heterocycles. The second-order valence-electron chi connectivity index (χ2n) is 4.42. The van der Waals surface area contributed by atoms with Crippen LogP contribution in [0.3, 0.4) is 0 Å². The Balaban J connectivity index is 2.01. The summed E-state index contributed by atoms with van der Waals surface area (Å²) in [6, 6.07) is 14.8. The summed E-state index contributed by atoms with van der Waals surface area (Å²) in [4.78, 5) is 4.30. The molecule has 102 valence electrons. The highest BCUT2D eigenvalue weighted by molar-refractivity contribution is 9.10. The molecule has 0 amide bonds. The van der Waals surface area contributed by atoms with Crippen molar-refractivity contribution in [2.24, 2.45) is 0 Å². The fourth-order valence-corrected chi connectivity index (χ4v) is 2.51. The van der Waals surface area contributed by atoms with Gasteiger partial charge in [-0.15, -0.1) is 5.10 Å². The van der Waals surface area contributed by atoms with E-state index >= 15 is 0 Å². The lowest BCUT2D eigenvalue weighted by atomic mass is 10.2. The highest BCUT2D eigenvalue weighted by atomic mass is 79.9. The molecule has 0 fully saturated rings. The molecule has 5 nitrogen and oxygen atoms in total. The Bertz CT molecular complexity index is 847. The number of hydrogen-bond donors (Lipinski definition) is 1. The van der Waals surface area contributed by atoms with E-state index in [1.54, 1.807) is 23.1 Å². The minimum atomic E-state index is 0.585. The summed E-state index contributed by atoms with van der Waals surface area (Å²) >= 11 is 3.44. The molecule has 0 bridgehead atoms. The number of halogens is 1. The molecule has 6 heteroatoms. The van der Waals surface area contributed by atoms with E-state index in [1.807, 2.05) is 30.3 Å². The van der Waals surface area contributed by atoms with Crippen LogP contribution in [0.5, 0.6) is 0 Å². The zero-order valence-corrected chi connectivity index (χ0v) is 12.4. The van der Waals surface area contributed by atoms with Crippen LogP contribution in [0.15, 0.2) is 53.3 Å². The molecule has 2 N–H and O–H groups in total. The van der Waals surface area contributed by atoms with Crippen LogP contribution in [0.1, 0.15) is 5.56 Å². The van der Waals surface area contributed by atoms with Crippen molar-refractivity contribution in [3.63, 3.8) is 0 Å². The monoisotopic (exact) mass is 339 g/mol. The van der Waals surface area contributed by atoms with E-state index in [0.717, 1.165) is 15.7 Å². The summed E-state index contributed by atoms with van der Waals surface area (Å²) in [6.07, 6.45) is 1.63. The molecule has 2 aromatic carbocycles. The Kier molecular flexibility index (Phi) is 3.42. The van der Waals surface area contributed by atoms with Crippen LogP contribution in [-0.4, -0.2) is 14.8 Å². The van der Waals surface area contributed by atoms with Crippen LogP contribution >= 0.6 is 15.9 Å². The van der Waals surface area contributed by atoms with Gasteiger partial charge >= 0.3 is 0 Å². The average Bonchev–Trinajstić information content (AvgIpc) is 2.96. The van der Waals surface area contributed by atoms with Crippen LogP contribution in [-0.2, 0) is 0 Å². The van der Waals surface area contributed by atoms with E-state index in [1.165, 1.54) is 0 Å². The van der Waals surface area contributed by atoms with Gasteiger partial charge in [0.05, 0.1) is 17.3 Å². The quantitative estimate of drug-likeness (QED) is 0.727. The SMILES string of the molecule is N#Cc1ccc(-n2cnc(-c3cccc(N)c3)n2)c(Br)c1. The smallest absolute Gasteiger partial charge is 0.181 e. The first kappa shape index (κ1) is 13.3. The number of nitrogens with zero attached hydrogens (tertiary/aromatic N) is 4. The van der Waals surface area contributed by atoms with Gasteiger partial charge in [-0.05, 0) is 46.3 Å². The first-order chi connectivity index (χ1) is 10.2. The predicted octanol–water partition coefficient (Wildman–Crippen LogP) is 3.15. The van der Waals surface area contributed by atoms with Gasteiger partial charge in [0, 0.05) is 15.7 Å². The van der Waals surface area contributed by atoms with Crippen LogP contribution in [0.25, 0.3) is 17.1 Å². The molecule has 21 heavy (non-hydrogen) atoms. The number of anilines is 1. The van der Waals surface area contributed by atoms with E-state index in [9.17, 15) is 0 Å². The lowest BCUT2D eigenvalue weighted by Gasteiger charge is -2.03. The minimum absolute atomic E-state index is 0.585. The first-order valence-corrected chi connectivity index (χ1v) is 6.94. The molecule has 0 saturated heterocycles. The third-order valence-corrected chi connectivity index (χ3v) is 3.60. The van der Waals surface area contributed by atoms with Crippen LogP contribution in [0.4, 0.5) is 5.69 Å². The largest absolute Gasteiger partial charge is 0.399 e. The number of rotatable bonds is 2. The van der Waals surface area contributed by atoms with Crippen LogP contribution < -0.4 is 5.73 Å². The summed E-state index contributed by atoms with van der Waals surface area (Å²) in [5, 5.41) is 13.3. The molecule has 0 atom stereocenters. The zero-order valence-electron chi connectivity index (χ0n) is 10.9. The summed E-state index contributed by atoms with van der Waals surface area (Å²) in [5.74, 6) is 0.596. The Hall–Kier alpha value is -2.65. The Morgan fingerprint density at radius 1 is 1.19 bits per heavy atom. The highest BCUT2D eigenvalue weighted by Gasteiger charge is 2.09. The third kappa shape index (κ3) is 2.64. The van der Waals surface area contributed by atoms with Crippen molar-refractivity contribution in [3.8, 4) is 23.1 Å². The topological polar surface area (TPSA) is 80.5 Å². The molecule has 0 aliphatic heterocycles. The van der Waals surface area contributed by atoms with E-state index in [0.29, 0.717) is 17.1 Å². The van der Waals surface area contributed by atoms with Crippen molar-refractivity contribution < 1.29 is 0 Å². The Morgan fingerprint density at radius 2 is 2.05 bits per heavy atom. The van der Waals surface area contributed by atoms with Gasteiger partial charge in [-0.3, -0.25) is 0 Å². The number of nitrogens with two attached hydrogens (primary N) is 1. The van der Waals surface area contributed by atoms with Gasteiger partial charge in [0.1, 0.15) is 6.33 Å². The van der Waals surface area contributed by atoms with Crippen molar-refractivity contribution in [2.75, 3.05) is 5.73 Å². The summed E-state index contributed by atoms with van der Waals surface area (Å²) in [5.41, 5.74) is 8.70. The van der Waals surface area contributed by atoms with E-state index < -0.39 is 0 Å². The standard InChI is InChI=1S/C15H10BrN5/c16-13-6-10(8-17)4-5-14(13)21-9-19-15(20-21)11-2-1-3-12(18)7-11/h1-7,9H,18H2.